The predicted octanol–water partition coefficient (Wildman–Crippen LogP) is 2.15. The van der Waals surface area contributed by atoms with Crippen LogP contribution in [0, 0.1) is 5.92 Å². The number of aliphatic carboxylic acids is 1. The van der Waals surface area contributed by atoms with Gasteiger partial charge in [0.25, 0.3) is 0 Å². The van der Waals surface area contributed by atoms with E-state index in [2.05, 4.69) is 0 Å². The number of hydrogen-bond donors (Lipinski definition) is 2. The van der Waals surface area contributed by atoms with Gasteiger partial charge in [-0.2, -0.15) is 0 Å². The number of phenols is 1. The fourth-order valence-corrected chi connectivity index (χ4v) is 1.97. The molecule has 4 heteroatoms. The van der Waals surface area contributed by atoms with Crippen molar-refractivity contribution in [2.75, 3.05) is 0 Å². The summed E-state index contributed by atoms with van der Waals surface area (Å²) >= 11 is 0. The highest BCUT2D eigenvalue weighted by atomic mass is 16.4. The normalized spacial score (nSPS) is 12.8. The third-order valence-electron chi connectivity index (χ3n) is 3.07. The van der Waals surface area contributed by atoms with Crippen molar-refractivity contribution in [3.05, 3.63) is 30.0 Å². The zero-order chi connectivity index (χ0) is 12.6. The van der Waals surface area contributed by atoms with Crippen LogP contribution in [0.4, 0.5) is 0 Å². The lowest BCUT2D eigenvalue weighted by atomic mass is 10.1. The number of aryl methyl sites for hydroxylation is 1. The van der Waals surface area contributed by atoms with Gasteiger partial charge in [-0.05, 0) is 18.2 Å². The first-order chi connectivity index (χ1) is 7.99. The number of fused-ring (bicyclic) bond motifs is 1. The molecule has 0 saturated carbocycles. The topological polar surface area (TPSA) is 62.5 Å². The van der Waals surface area contributed by atoms with E-state index in [1.165, 1.54) is 0 Å². The smallest absolute Gasteiger partial charge is 0.306 e. The standard InChI is InChI=1S/C13H15NO3/c1-8(13(16)17)5-10-6-9-3-4-11(15)7-12(9)14(10)2/h3-4,6-8,15H,5H2,1-2H3,(H,16,17). The maximum atomic E-state index is 10.8. The van der Waals surface area contributed by atoms with Gasteiger partial charge >= 0.3 is 5.97 Å². The molecular formula is C13H15NO3. The van der Waals surface area contributed by atoms with Crippen molar-refractivity contribution in [1.29, 1.82) is 0 Å². The van der Waals surface area contributed by atoms with Gasteiger partial charge in [0.15, 0.2) is 0 Å². The molecule has 0 bridgehead atoms. The summed E-state index contributed by atoms with van der Waals surface area (Å²) in [6, 6.07) is 7.12. The van der Waals surface area contributed by atoms with Crippen LogP contribution in [0.25, 0.3) is 10.9 Å². The second-order valence-electron chi connectivity index (χ2n) is 4.38. The van der Waals surface area contributed by atoms with Crippen molar-refractivity contribution in [1.82, 2.24) is 4.57 Å². The highest BCUT2D eigenvalue weighted by molar-refractivity contribution is 5.83. The van der Waals surface area contributed by atoms with Crippen LogP contribution >= 0.6 is 0 Å². The number of carboxylic acids is 1. The zero-order valence-electron chi connectivity index (χ0n) is 9.84. The summed E-state index contributed by atoms with van der Waals surface area (Å²) in [5, 5.41) is 19.3. The summed E-state index contributed by atoms with van der Waals surface area (Å²) in [6.45, 7) is 1.69. The molecule has 1 heterocycles. The molecule has 0 aliphatic carbocycles. The molecule has 1 aromatic heterocycles. The van der Waals surface area contributed by atoms with E-state index in [-0.39, 0.29) is 5.75 Å². The monoisotopic (exact) mass is 233 g/mol. The highest BCUT2D eigenvalue weighted by Crippen LogP contribution is 2.24. The zero-order valence-corrected chi connectivity index (χ0v) is 9.84. The summed E-state index contributed by atoms with van der Waals surface area (Å²) in [5.74, 6) is -0.985. The third-order valence-corrected chi connectivity index (χ3v) is 3.07. The van der Waals surface area contributed by atoms with Crippen molar-refractivity contribution < 1.29 is 15.0 Å². The molecule has 0 aliphatic rings. The Bertz CT molecular complexity index is 571. The van der Waals surface area contributed by atoms with Crippen LogP contribution < -0.4 is 0 Å². The maximum absolute atomic E-state index is 10.8. The van der Waals surface area contributed by atoms with E-state index in [0.29, 0.717) is 6.42 Å². The van der Waals surface area contributed by atoms with Gasteiger partial charge in [-0.3, -0.25) is 4.79 Å². The van der Waals surface area contributed by atoms with Crippen molar-refractivity contribution in [2.45, 2.75) is 13.3 Å². The minimum Gasteiger partial charge on any atom is -0.508 e. The van der Waals surface area contributed by atoms with Gasteiger partial charge < -0.3 is 14.8 Å². The molecule has 1 aromatic carbocycles. The minimum atomic E-state index is -0.793. The van der Waals surface area contributed by atoms with Crippen molar-refractivity contribution in [2.24, 2.45) is 13.0 Å². The quantitative estimate of drug-likeness (QED) is 0.853. The van der Waals surface area contributed by atoms with E-state index < -0.39 is 11.9 Å². The van der Waals surface area contributed by atoms with Gasteiger partial charge in [0.05, 0.1) is 11.4 Å². The van der Waals surface area contributed by atoms with Crippen LogP contribution in [-0.2, 0) is 18.3 Å². The molecule has 90 valence electrons. The Labute approximate surface area is 99.1 Å². The van der Waals surface area contributed by atoms with Gasteiger partial charge in [0, 0.05) is 30.6 Å². The fraction of sp³-hybridized carbons (Fsp3) is 0.308. The number of carbonyl (C=O) groups is 1. The van der Waals surface area contributed by atoms with E-state index in [0.717, 1.165) is 16.6 Å². The molecule has 4 nitrogen and oxygen atoms in total. The molecule has 17 heavy (non-hydrogen) atoms. The molecule has 0 aliphatic heterocycles. The van der Waals surface area contributed by atoms with Gasteiger partial charge in [0.2, 0.25) is 0 Å². The molecule has 2 aromatic rings. The summed E-state index contributed by atoms with van der Waals surface area (Å²) < 4.78 is 1.93. The molecular weight excluding hydrogens is 218 g/mol. The fourth-order valence-electron chi connectivity index (χ4n) is 1.97. The number of aromatic nitrogens is 1. The Morgan fingerprint density at radius 3 is 2.76 bits per heavy atom. The van der Waals surface area contributed by atoms with Crippen LogP contribution in [0.15, 0.2) is 24.3 Å². The summed E-state index contributed by atoms with van der Waals surface area (Å²) in [7, 11) is 1.88. The number of aromatic hydroxyl groups is 1. The molecule has 0 fully saturated rings. The average Bonchev–Trinajstić information content (AvgIpc) is 2.56. The second-order valence-corrected chi connectivity index (χ2v) is 4.38. The second kappa shape index (κ2) is 4.13. The lowest BCUT2D eigenvalue weighted by Crippen LogP contribution is -2.13. The van der Waals surface area contributed by atoms with Gasteiger partial charge in [-0.1, -0.05) is 6.92 Å². The van der Waals surface area contributed by atoms with E-state index in [1.54, 1.807) is 19.1 Å². The van der Waals surface area contributed by atoms with Crippen molar-refractivity contribution in [3.63, 3.8) is 0 Å². The molecule has 1 unspecified atom stereocenters. The van der Waals surface area contributed by atoms with Crippen LogP contribution in [0.3, 0.4) is 0 Å². The average molecular weight is 233 g/mol. The first-order valence-corrected chi connectivity index (χ1v) is 5.49. The van der Waals surface area contributed by atoms with Crippen molar-refractivity contribution >= 4 is 16.9 Å². The minimum absolute atomic E-state index is 0.219. The Hall–Kier alpha value is -1.97. The van der Waals surface area contributed by atoms with Gasteiger partial charge in [0.1, 0.15) is 5.75 Å². The molecule has 0 amide bonds. The first-order valence-electron chi connectivity index (χ1n) is 5.49. The SMILES string of the molecule is CC(Cc1cc2ccc(O)cc2n1C)C(=O)O. The van der Waals surface area contributed by atoms with Crippen molar-refractivity contribution in [3.8, 4) is 5.75 Å². The Morgan fingerprint density at radius 1 is 1.41 bits per heavy atom. The van der Waals surface area contributed by atoms with E-state index in [1.807, 2.05) is 23.7 Å². The van der Waals surface area contributed by atoms with Crippen LogP contribution in [0.2, 0.25) is 0 Å². The highest BCUT2D eigenvalue weighted by Gasteiger charge is 2.15. The molecule has 0 saturated heterocycles. The summed E-state index contributed by atoms with van der Waals surface area (Å²) in [4.78, 5) is 10.8. The Morgan fingerprint density at radius 2 is 2.12 bits per heavy atom. The van der Waals surface area contributed by atoms with E-state index in [9.17, 15) is 9.90 Å². The first kappa shape index (κ1) is 11.5. The molecule has 0 spiro atoms. The molecule has 2 N–H and O–H groups in total. The molecule has 1 atom stereocenters. The van der Waals surface area contributed by atoms with E-state index >= 15 is 0 Å². The van der Waals surface area contributed by atoms with Gasteiger partial charge in [-0.25, -0.2) is 0 Å². The number of nitrogens with zero attached hydrogens (tertiary/aromatic N) is 1. The predicted molar refractivity (Wildman–Crippen MR) is 65.1 cm³/mol. The number of hydrogen-bond acceptors (Lipinski definition) is 2. The van der Waals surface area contributed by atoms with E-state index in [4.69, 9.17) is 5.11 Å². The van der Waals surface area contributed by atoms with Crippen LogP contribution in [0.5, 0.6) is 5.75 Å². The van der Waals surface area contributed by atoms with Gasteiger partial charge in [-0.15, -0.1) is 0 Å². The molecule has 0 radical (unpaired) electrons. The Kier molecular flexibility index (Phi) is 2.79. The summed E-state index contributed by atoms with van der Waals surface area (Å²) in [6.07, 6.45) is 0.487. The van der Waals surface area contributed by atoms with Crippen LogP contribution in [0.1, 0.15) is 12.6 Å². The maximum Gasteiger partial charge on any atom is 0.306 e. The Balaban J connectivity index is 2.42. The lowest BCUT2D eigenvalue weighted by molar-refractivity contribution is -0.141. The lowest BCUT2D eigenvalue weighted by Gasteiger charge is -2.07. The number of rotatable bonds is 3. The molecule has 2 rings (SSSR count). The number of phenolic OH excluding ortho intramolecular Hbond substituents is 1. The number of benzene rings is 1. The third kappa shape index (κ3) is 2.11. The summed E-state index contributed by atoms with van der Waals surface area (Å²) in [5.41, 5.74) is 1.87. The number of carboxylic acid groups (broad SMARTS) is 1. The van der Waals surface area contributed by atoms with Crippen LogP contribution in [-0.4, -0.2) is 20.7 Å². The largest absolute Gasteiger partial charge is 0.508 e.